The molecule has 0 bridgehead atoms. The second kappa shape index (κ2) is 7.11. The van der Waals surface area contributed by atoms with Crippen LogP contribution in [-0.2, 0) is 6.54 Å². The van der Waals surface area contributed by atoms with E-state index in [1.165, 1.54) is 0 Å². The molecule has 0 radical (unpaired) electrons. The summed E-state index contributed by atoms with van der Waals surface area (Å²) in [6, 6.07) is 15.4. The molecule has 0 aliphatic heterocycles. The Morgan fingerprint density at radius 2 is 1.90 bits per heavy atom. The molecular weight excluding hydrogens is 286 g/mol. The Morgan fingerprint density at radius 3 is 2.62 bits per heavy atom. The van der Waals surface area contributed by atoms with E-state index in [0.29, 0.717) is 6.54 Å². The van der Waals surface area contributed by atoms with Crippen molar-refractivity contribution in [3.05, 3.63) is 70.2 Å². The smallest absolute Gasteiger partial charge is 0.170 e. The normalized spacial score (nSPS) is 13.1. The zero-order valence-corrected chi connectivity index (χ0v) is 12.5. The number of nitrogens with one attached hydrogen (secondary N) is 1. The van der Waals surface area contributed by atoms with Gasteiger partial charge in [0, 0.05) is 23.2 Å². The van der Waals surface area contributed by atoms with Gasteiger partial charge in [-0.15, -0.1) is 0 Å². The van der Waals surface area contributed by atoms with E-state index in [-0.39, 0.29) is 11.9 Å². The van der Waals surface area contributed by atoms with Gasteiger partial charge in [0.1, 0.15) is 0 Å². The number of hydrogen-bond acceptors (Lipinski definition) is 3. The first-order valence-corrected chi connectivity index (χ1v) is 7.05. The average Bonchev–Trinajstić information content (AvgIpc) is 2.52. The van der Waals surface area contributed by atoms with Crippen LogP contribution < -0.4 is 11.1 Å². The third-order valence-electron chi connectivity index (χ3n) is 3.37. The van der Waals surface area contributed by atoms with E-state index in [2.05, 4.69) is 10.5 Å². The van der Waals surface area contributed by atoms with Crippen LogP contribution in [-0.4, -0.2) is 11.0 Å². The molecule has 0 heterocycles. The molecule has 0 saturated heterocycles. The molecule has 5 heteroatoms. The van der Waals surface area contributed by atoms with Gasteiger partial charge in [-0.2, -0.15) is 0 Å². The molecule has 0 aromatic heterocycles. The van der Waals surface area contributed by atoms with Crippen molar-refractivity contribution in [3.8, 4) is 0 Å². The maximum atomic E-state index is 8.83. The molecule has 0 saturated carbocycles. The fourth-order valence-electron chi connectivity index (χ4n) is 2.18. The van der Waals surface area contributed by atoms with Gasteiger partial charge in [0.2, 0.25) is 0 Å². The monoisotopic (exact) mass is 303 g/mol. The third kappa shape index (κ3) is 3.74. The van der Waals surface area contributed by atoms with E-state index in [0.717, 1.165) is 21.7 Å². The van der Waals surface area contributed by atoms with Crippen molar-refractivity contribution in [1.29, 1.82) is 0 Å². The van der Waals surface area contributed by atoms with Crippen LogP contribution in [0.15, 0.2) is 53.7 Å². The molecule has 1 unspecified atom stereocenters. The van der Waals surface area contributed by atoms with Crippen LogP contribution >= 0.6 is 11.6 Å². The van der Waals surface area contributed by atoms with Crippen molar-refractivity contribution < 1.29 is 5.21 Å². The second-order valence-electron chi connectivity index (χ2n) is 4.77. The van der Waals surface area contributed by atoms with Gasteiger partial charge in [0.15, 0.2) is 5.84 Å². The highest BCUT2D eigenvalue weighted by Crippen LogP contribution is 2.22. The summed E-state index contributed by atoms with van der Waals surface area (Å²) in [5, 5.41) is 16.0. The lowest BCUT2D eigenvalue weighted by atomic mass is 10.0. The lowest BCUT2D eigenvalue weighted by Gasteiger charge is -2.17. The van der Waals surface area contributed by atoms with Gasteiger partial charge in [0.25, 0.3) is 0 Å². The number of benzene rings is 2. The first-order chi connectivity index (χ1) is 10.1. The first kappa shape index (κ1) is 15.4. The summed E-state index contributed by atoms with van der Waals surface area (Å²) in [6.07, 6.45) is 0. The SMILES string of the molecule is CC(NCc1ccccc1C(N)=NO)c1ccccc1Cl. The lowest BCUT2D eigenvalue weighted by molar-refractivity contribution is 0.318. The van der Waals surface area contributed by atoms with E-state index in [9.17, 15) is 0 Å². The number of hydrogen-bond donors (Lipinski definition) is 3. The summed E-state index contributed by atoms with van der Waals surface area (Å²) in [4.78, 5) is 0. The average molecular weight is 304 g/mol. The molecule has 0 aliphatic carbocycles. The maximum Gasteiger partial charge on any atom is 0.170 e. The van der Waals surface area contributed by atoms with Gasteiger partial charge in [-0.25, -0.2) is 0 Å². The molecular formula is C16H18ClN3O. The largest absolute Gasteiger partial charge is 0.409 e. The Hall–Kier alpha value is -2.04. The fourth-order valence-corrected chi connectivity index (χ4v) is 2.48. The molecule has 21 heavy (non-hydrogen) atoms. The van der Waals surface area contributed by atoms with Gasteiger partial charge in [0.05, 0.1) is 0 Å². The topological polar surface area (TPSA) is 70.6 Å². The van der Waals surface area contributed by atoms with E-state index < -0.39 is 0 Å². The highest BCUT2D eigenvalue weighted by molar-refractivity contribution is 6.31. The third-order valence-corrected chi connectivity index (χ3v) is 3.72. The van der Waals surface area contributed by atoms with E-state index >= 15 is 0 Å². The number of amidine groups is 1. The molecule has 2 aromatic rings. The molecule has 0 spiro atoms. The van der Waals surface area contributed by atoms with Crippen LogP contribution in [0.2, 0.25) is 5.02 Å². The van der Waals surface area contributed by atoms with Crippen molar-refractivity contribution in [2.45, 2.75) is 19.5 Å². The Balaban J connectivity index is 2.12. The van der Waals surface area contributed by atoms with E-state index in [1.54, 1.807) is 0 Å². The van der Waals surface area contributed by atoms with Crippen LogP contribution in [0.5, 0.6) is 0 Å². The predicted octanol–water partition coefficient (Wildman–Crippen LogP) is 3.29. The predicted molar refractivity (Wildman–Crippen MR) is 85.7 cm³/mol. The van der Waals surface area contributed by atoms with Crippen molar-refractivity contribution in [2.24, 2.45) is 10.9 Å². The maximum absolute atomic E-state index is 8.83. The number of nitrogens with zero attached hydrogens (tertiary/aromatic N) is 1. The zero-order chi connectivity index (χ0) is 15.2. The van der Waals surface area contributed by atoms with E-state index in [4.69, 9.17) is 22.5 Å². The zero-order valence-electron chi connectivity index (χ0n) is 11.8. The Labute approximate surface area is 129 Å². The van der Waals surface area contributed by atoms with Gasteiger partial charge in [-0.05, 0) is 24.1 Å². The molecule has 4 N–H and O–H groups in total. The number of halogens is 1. The van der Waals surface area contributed by atoms with Crippen molar-refractivity contribution in [2.75, 3.05) is 0 Å². The van der Waals surface area contributed by atoms with Crippen LogP contribution in [0.1, 0.15) is 29.7 Å². The molecule has 0 aliphatic rings. The minimum atomic E-state index is 0.0963. The lowest BCUT2D eigenvalue weighted by Crippen LogP contribution is -2.22. The first-order valence-electron chi connectivity index (χ1n) is 6.67. The van der Waals surface area contributed by atoms with Gasteiger partial charge >= 0.3 is 0 Å². The van der Waals surface area contributed by atoms with Gasteiger partial charge < -0.3 is 16.3 Å². The van der Waals surface area contributed by atoms with E-state index in [1.807, 2.05) is 55.5 Å². The van der Waals surface area contributed by atoms with Crippen molar-refractivity contribution in [1.82, 2.24) is 5.32 Å². The Morgan fingerprint density at radius 1 is 1.24 bits per heavy atom. The molecule has 0 fully saturated rings. The molecule has 1 atom stereocenters. The summed E-state index contributed by atoms with van der Waals surface area (Å²) in [5.74, 6) is 0.109. The minimum Gasteiger partial charge on any atom is -0.409 e. The van der Waals surface area contributed by atoms with Gasteiger partial charge in [-0.1, -0.05) is 59.2 Å². The van der Waals surface area contributed by atoms with Crippen molar-refractivity contribution >= 4 is 17.4 Å². The summed E-state index contributed by atoms with van der Waals surface area (Å²) in [7, 11) is 0. The number of nitrogens with two attached hydrogens (primary N) is 1. The van der Waals surface area contributed by atoms with Gasteiger partial charge in [-0.3, -0.25) is 0 Å². The van der Waals surface area contributed by atoms with Crippen molar-refractivity contribution in [3.63, 3.8) is 0 Å². The Bertz CT molecular complexity index is 643. The highest BCUT2D eigenvalue weighted by Gasteiger charge is 2.11. The molecule has 110 valence electrons. The fraction of sp³-hybridized carbons (Fsp3) is 0.188. The van der Waals surface area contributed by atoms with Crippen LogP contribution in [0.25, 0.3) is 0 Å². The molecule has 0 amide bonds. The summed E-state index contributed by atoms with van der Waals surface area (Å²) >= 11 is 6.19. The standard InChI is InChI=1S/C16H18ClN3O/c1-11(13-7-4-5-9-15(13)17)19-10-12-6-2-3-8-14(12)16(18)20-21/h2-9,11,19,21H,10H2,1H3,(H2,18,20). The minimum absolute atomic E-state index is 0.0963. The number of oxime groups is 1. The summed E-state index contributed by atoms with van der Waals surface area (Å²) in [6.45, 7) is 2.64. The van der Waals surface area contributed by atoms with Crippen LogP contribution in [0, 0.1) is 0 Å². The molecule has 2 rings (SSSR count). The molecule has 2 aromatic carbocycles. The Kier molecular flexibility index (Phi) is 5.20. The van der Waals surface area contributed by atoms with Crippen LogP contribution in [0.4, 0.5) is 0 Å². The summed E-state index contributed by atoms with van der Waals surface area (Å²) < 4.78 is 0. The van der Waals surface area contributed by atoms with Crippen LogP contribution in [0.3, 0.4) is 0 Å². The summed E-state index contributed by atoms with van der Waals surface area (Å²) in [5.41, 5.74) is 8.42. The number of rotatable bonds is 5. The highest BCUT2D eigenvalue weighted by atomic mass is 35.5. The quantitative estimate of drug-likeness (QED) is 0.343. The second-order valence-corrected chi connectivity index (χ2v) is 5.17. The molecule has 4 nitrogen and oxygen atoms in total.